The zero-order valence-electron chi connectivity index (χ0n) is 12.4. The molecule has 0 aliphatic heterocycles. The first-order valence-corrected chi connectivity index (χ1v) is 7.89. The first kappa shape index (κ1) is 13.8. The number of pyridine rings is 1. The third-order valence-electron chi connectivity index (χ3n) is 4.61. The van der Waals surface area contributed by atoms with Crippen LogP contribution in [-0.2, 0) is 12.6 Å². The summed E-state index contributed by atoms with van der Waals surface area (Å²) in [4.78, 5) is 4.52. The molecule has 0 amide bonds. The van der Waals surface area contributed by atoms with Crippen LogP contribution in [0.3, 0.4) is 0 Å². The van der Waals surface area contributed by atoms with Crippen molar-refractivity contribution < 1.29 is 5.11 Å². The van der Waals surface area contributed by atoms with Gasteiger partial charge in [0.05, 0.1) is 11.8 Å². The molecule has 1 fully saturated rings. The maximum absolute atomic E-state index is 10.8. The van der Waals surface area contributed by atoms with E-state index < -0.39 is 5.60 Å². The predicted molar refractivity (Wildman–Crippen MR) is 88.7 cm³/mol. The van der Waals surface area contributed by atoms with Crippen LogP contribution in [0.4, 0.5) is 0 Å². The molecule has 1 aliphatic rings. The van der Waals surface area contributed by atoms with Gasteiger partial charge in [-0.3, -0.25) is 8.65 Å². The van der Waals surface area contributed by atoms with Crippen LogP contribution in [-0.4, -0.2) is 23.8 Å². The van der Waals surface area contributed by atoms with Gasteiger partial charge >= 0.3 is 0 Å². The summed E-state index contributed by atoms with van der Waals surface area (Å²) < 4.78 is 3.50. The van der Waals surface area contributed by atoms with Gasteiger partial charge < -0.3 is 5.11 Å². The van der Waals surface area contributed by atoms with Crippen LogP contribution in [0.1, 0.15) is 31.2 Å². The minimum atomic E-state index is -0.730. The number of aliphatic hydroxyl groups is 1. The van der Waals surface area contributed by atoms with Crippen LogP contribution in [0.15, 0.2) is 30.9 Å². The molecule has 22 heavy (non-hydrogen) atoms. The number of hydrogen-bond donors (Lipinski definition) is 2. The molecular formula is C16H18N4OS. The van der Waals surface area contributed by atoms with E-state index in [2.05, 4.69) is 29.0 Å². The maximum atomic E-state index is 10.8. The lowest BCUT2D eigenvalue weighted by atomic mass is 9.92. The Hall–Kier alpha value is -1.79. The van der Waals surface area contributed by atoms with Gasteiger partial charge in [0.25, 0.3) is 0 Å². The van der Waals surface area contributed by atoms with Crippen LogP contribution in [0, 0.1) is 0 Å². The normalized spacial score (nSPS) is 17.4. The van der Waals surface area contributed by atoms with Crippen LogP contribution in [0.2, 0.25) is 0 Å². The number of thiol groups is 1. The molecule has 0 unspecified atom stereocenters. The van der Waals surface area contributed by atoms with Gasteiger partial charge in [-0.25, -0.2) is 4.98 Å². The zero-order valence-corrected chi connectivity index (χ0v) is 13.3. The lowest BCUT2D eigenvalue weighted by Crippen LogP contribution is -2.20. The summed E-state index contributed by atoms with van der Waals surface area (Å²) in [6.07, 6.45) is 11.3. The van der Waals surface area contributed by atoms with Crippen molar-refractivity contribution in [2.45, 2.75) is 31.3 Å². The Morgan fingerprint density at radius 3 is 2.68 bits per heavy atom. The molecule has 3 aromatic heterocycles. The lowest BCUT2D eigenvalue weighted by molar-refractivity contribution is 0.0443. The number of fused-ring (bicyclic) bond motifs is 1. The van der Waals surface area contributed by atoms with Crippen molar-refractivity contribution in [3.8, 4) is 11.1 Å². The molecule has 0 aromatic carbocycles. The summed E-state index contributed by atoms with van der Waals surface area (Å²) in [5.74, 6) is 0. The second-order valence-corrected chi connectivity index (χ2v) is 6.55. The third kappa shape index (κ3) is 2.06. The SMILES string of the molecule is Cn1cc(-c2cn(S)c3ncc(C4(O)CCCC4)cc23)cn1. The number of hydrogen-bond acceptors (Lipinski definition) is 4. The van der Waals surface area contributed by atoms with E-state index >= 15 is 0 Å². The number of aromatic nitrogens is 4. The number of nitrogens with zero attached hydrogens (tertiary/aromatic N) is 4. The predicted octanol–water partition coefficient (Wildman–Crippen LogP) is 2.89. The Morgan fingerprint density at radius 2 is 2.00 bits per heavy atom. The van der Waals surface area contributed by atoms with E-state index in [1.165, 1.54) is 0 Å². The molecule has 6 heteroatoms. The van der Waals surface area contributed by atoms with Crippen molar-refractivity contribution in [2.24, 2.45) is 7.05 Å². The molecule has 1 aliphatic carbocycles. The van der Waals surface area contributed by atoms with Crippen LogP contribution < -0.4 is 0 Å². The van der Waals surface area contributed by atoms with Gasteiger partial charge in [-0.2, -0.15) is 5.10 Å². The molecule has 114 valence electrons. The molecule has 0 spiro atoms. The van der Waals surface area contributed by atoms with E-state index in [4.69, 9.17) is 0 Å². The van der Waals surface area contributed by atoms with Gasteiger partial charge in [0.2, 0.25) is 0 Å². The standard InChI is InChI=1S/C16H18N4OS/c1-19-9-11(7-18-19)14-10-20(22)15-13(14)6-12(8-17-15)16(21)4-2-3-5-16/h6-10,21-22H,2-5H2,1H3. The van der Waals surface area contributed by atoms with Crippen molar-refractivity contribution in [3.63, 3.8) is 0 Å². The van der Waals surface area contributed by atoms with Crippen molar-refractivity contribution >= 4 is 23.8 Å². The van der Waals surface area contributed by atoms with E-state index in [1.807, 2.05) is 25.6 Å². The first-order chi connectivity index (χ1) is 10.6. The molecular weight excluding hydrogens is 296 g/mol. The minimum Gasteiger partial charge on any atom is -0.385 e. The van der Waals surface area contributed by atoms with E-state index in [0.29, 0.717) is 0 Å². The monoisotopic (exact) mass is 314 g/mol. The Labute approximate surface area is 134 Å². The first-order valence-electron chi connectivity index (χ1n) is 7.49. The van der Waals surface area contributed by atoms with E-state index in [-0.39, 0.29) is 0 Å². The highest BCUT2D eigenvalue weighted by molar-refractivity contribution is 7.78. The average molecular weight is 314 g/mol. The molecule has 1 N–H and O–H groups in total. The molecule has 3 aromatic rings. The van der Waals surface area contributed by atoms with Gasteiger partial charge in [-0.1, -0.05) is 25.7 Å². The van der Waals surface area contributed by atoms with E-state index in [9.17, 15) is 5.11 Å². The van der Waals surface area contributed by atoms with Crippen molar-refractivity contribution in [1.82, 2.24) is 18.7 Å². The Morgan fingerprint density at radius 1 is 1.23 bits per heavy atom. The lowest BCUT2D eigenvalue weighted by Gasteiger charge is -2.22. The molecule has 0 bridgehead atoms. The average Bonchev–Trinajstić information content (AvgIpc) is 3.20. The summed E-state index contributed by atoms with van der Waals surface area (Å²) >= 11 is 4.46. The number of aryl methyl sites for hydroxylation is 1. The van der Waals surface area contributed by atoms with E-state index in [1.54, 1.807) is 14.9 Å². The van der Waals surface area contributed by atoms with Crippen LogP contribution >= 0.6 is 12.8 Å². The molecule has 5 nitrogen and oxygen atoms in total. The maximum Gasteiger partial charge on any atom is 0.150 e. The number of rotatable bonds is 2. The summed E-state index contributed by atoms with van der Waals surface area (Å²) in [6, 6.07) is 2.06. The molecule has 1 saturated carbocycles. The molecule has 0 saturated heterocycles. The Balaban J connectivity index is 1.91. The Bertz CT molecular complexity index is 845. The fraction of sp³-hybridized carbons (Fsp3) is 0.375. The highest BCUT2D eigenvalue weighted by Gasteiger charge is 2.33. The summed E-state index contributed by atoms with van der Waals surface area (Å²) in [5.41, 5.74) is 3.04. The van der Waals surface area contributed by atoms with Crippen molar-refractivity contribution in [3.05, 3.63) is 36.4 Å². The van der Waals surface area contributed by atoms with Gasteiger partial charge in [0.15, 0.2) is 0 Å². The Kier molecular flexibility index (Phi) is 3.06. The topological polar surface area (TPSA) is 55.9 Å². The molecule has 3 heterocycles. The summed E-state index contributed by atoms with van der Waals surface area (Å²) in [7, 11) is 1.90. The van der Waals surface area contributed by atoms with Gasteiger partial charge in [0.1, 0.15) is 5.65 Å². The van der Waals surface area contributed by atoms with Crippen molar-refractivity contribution in [2.75, 3.05) is 0 Å². The van der Waals surface area contributed by atoms with Crippen molar-refractivity contribution in [1.29, 1.82) is 0 Å². The smallest absolute Gasteiger partial charge is 0.150 e. The van der Waals surface area contributed by atoms with Gasteiger partial charge in [-0.15, -0.1) is 0 Å². The van der Waals surface area contributed by atoms with Gasteiger partial charge in [-0.05, 0) is 18.9 Å². The zero-order chi connectivity index (χ0) is 15.3. The second kappa shape index (κ2) is 4.86. The third-order valence-corrected chi connectivity index (χ3v) is 4.91. The fourth-order valence-corrected chi connectivity index (χ4v) is 3.66. The van der Waals surface area contributed by atoms with Crippen LogP contribution in [0.5, 0.6) is 0 Å². The van der Waals surface area contributed by atoms with Gasteiger partial charge in [0, 0.05) is 47.7 Å². The molecule has 4 rings (SSSR count). The van der Waals surface area contributed by atoms with E-state index in [0.717, 1.165) is 53.4 Å². The molecule has 0 atom stereocenters. The van der Waals surface area contributed by atoms with Crippen LogP contribution in [0.25, 0.3) is 22.2 Å². The second-order valence-electron chi connectivity index (χ2n) is 6.12. The highest BCUT2D eigenvalue weighted by Crippen LogP contribution is 2.40. The summed E-state index contributed by atoms with van der Waals surface area (Å²) in [6.45, 7) is 0. The largest absolute Gasteiger partial charge is 0.385 e. The molecule has 0 radical (unpaired) electrons. The fourth-order valence-electron chi connectivity index (χ4n) is 3.38. The summed E-state index contributed by atoms with van der Waals surface area (Å²) in [5, 5.41) is 16.0. The quantitative estimate of drug-likeness (QED) is 0.715. The highest BCUT2D eigenvalue weighted by atomic mass is 32.1. The minimum absolute atomic E-state index is 0.730.